The smallest absolute Gasteiger partial charge is 0.258 e. The van der Waals surface area contributed by atoms with E-state index in [1.807, 2.05) is 62.4 Å². The molecule has 2 heterocycles. The number of ether oxygens (including phenoxy) is 1. The molecule has 0 N–H and O–H groups in total. The summed E-state index contributed by atoms with van der Waals surface area (Å²) in [5.74, 6) is 1.64. The minimum Gasteiger partial charge on any atom is -0.492 e. The summed E-state index contributed by atoms with van der Waals surface area (Å²) in [7, 11) is 0. The number of aryl methyl sites for hydroxylation is 1. The number of benzene rings is 2. The molecule has 1 saturated heterocycles. The van der Waals surface area contributed by atoms with Crippen LogP contribution in [0.1, 0.15) is 12.5 Å². The summed E-state index contributed by atoms with van der Waals surface area (Å²) in [6.45, 7) is 8.89. The summed E-state index contributed by atoms with van der Waals surface area (Å²) in [6.07, 6.45) is 0. The van der Waals surface area contributed by atoms with Gasteiger partial charge in [0.2, 0.25) is 5.96 Å². The Hall–Kier alpha value is -2.57. The molecule has 2 aromatic rings. The number of piperazine rings is 1. The molecule has 0 saturated carbocycles. The Morgan fingerprint density at radius 1 is 1.03 bits per heavy atom. The lowest BCUT2D eigenvalue weighted by molar-refractivity contribution is -0.117. The Kier molecular flexibility index (Phi) is 6.25. The number of guanidine groups is 1. The molecule has 6 nitrogen and oxygen atoms in total. The van der Waals surface area contributed by atoms with Crippen LogP contribution in [-0.2, 0) is 4.79 Å². The highest BCUT2D eigenvalue weighted by Gasteiger charge is 2.36. The van der Waals surface area contributed by atoms with Gasteiger partial charge in [0, 0.05) is 37.7 Å². The molecule has 2 aliphatic heterocycles. The molecule has 158 valence electrons. The lowest BCUT2D eigenvalue weighted by Gasteiger charge is -2.37. The van der Waals surface area contributed by atoms with Gasteiger partial charge in [-0.05, 0) is 50.2 Å². The molecule has 1 atom stereocenters. The first-order chi connectivity index (χ1) is 14.5. The number of aliphatic imine (C=N–C) groups is 1. The number of halogens is 1. The van der Waals surface area contributed by atoms with E-state index in [0.717, 1.165) is 50.1 Å². The molecule has 0 bridgehead atoms. The number of amides is 1. The monoisotopic (exact) mass is 426 g/mol. The summed E-state index contributed by atoms with van der Waals surface area (Å²) in [5, 5.41) is 0.709. The van der Waals surface area contributed by atoms with E-state index in [9.17, 15) is 4.79 Å². The zero-order valence-electron chi connectivity index (χ0n) is 17.4. The van der Waals surface area contributed by atoms with Gasteiger partial charge >= 0.3 is 0 Å². The Morgan fingerprint density at radius 3 is 2.37 bits per heavy atom. The third-order valence-corrected chi connectivity index (χ3v) is 5.78. The van der Waals surface area contributed by atoms with Gasteiger partial charge in [0.25, 0.3) is 5.91 Å². The normalized spacial score (nSPS) is 19.9. The molecule has 4 rings (SSSR count). The van der Waals surface area contributed by atoms with E-state index in [0.29, 0.717) is 11.6 Å². The van der Waals surface area contributed by atoms with Crippen molar-refractivity contribution in [2.24, 2.45) is 4.99 Å². The quantitative estimate of drug-likeness (QED) is 0.734. The summed E-state index contributed by atoms with van der Waals surface area (Å²) in [6, 6.07) is 15.1. The maximum Gasteiger partial charge on any atom is 0.258 e. The van der Waals surface area contributed by atoms with Gasteiger partial charge in [-0.15, -0.1) is 0 Å². The highest BCUT2D eigenvalue weighted by molar-refractivity contribution is 6.30. The van der Waals surface area contributed by atoms with Gasteiger partial charge in [-0.1, -0.05) is 29.3 Å². The van der Waals surface area contributed by atoms with Crippen LogP contribution in [-0.4, -0.2) is 67.0 Å². The van der Waals surface area contributed by atoms with Crippen LogP contribution in [0.3, 0.4) is 0 Å². The number of nitrogens with zero attached hydrogens (tertiary/aromatic N) is 4. The molecule has 2 aromatic carbocycles. The second-order valence-corrected chi connectivity index (χ2v) is 8.18. The van der Waals surface area contributed by atoms with Crippen LogP contribution in [0, 0.1) is 6.92 Å². The van der Waals surface area contributed by atoms with Crippen molar-refractivity contribution < 1.29 is 9.53 Å². The second-order valence-electron chi connectivity index (χ2n) is 7.75. The summed E-state index contributed by atoms with van der Waals surface area (Å²) in [5.41, 5.74) is 2.05. The molecular formula is C23H27ClN4O2. The van der Waals surface area contributed by atoms with Crippen molar-refractivity contribution >= 4 is 29.2 Å². The van der Waals surface area contributed by atoms with E-state index in [2.05, 4.69) is 14.8 Å². The summed E-state index contributed by atoms with van der Waals surface area (Å²) >= 11 is 5.91. The minimum atomic E-state index is -0.341. The molecule has 0 aliphatic carbocycles. The summed E-state index contributed by atoms with van der Waals surface area (Å²) < 4.78 is 5.81. The van der Waals surface area contributed by atoms with Crippen LogP contribution in [0.25, 0.3) is 0 Å². The highest BCUT2D eigenvalue weighted by Crippen LogP contribution is 2.24. The SMILES string of the molecule is Cc1ccc(N2C(=O)C(C)N=C2N2CCN(CCOc3ccc(Cl)cc3)CC2)cc1. The maximum atomic E-state index is 12.8. The first-order valence-electron chi connectivity index (χ1n) is 10.4. The maximum absolute atomic E-state index is 12.8. The van der Waals surface area contributed by atoms with E-state index in [1.54, 1.807) is 4.90 Å². The predicted molar refractivity (Wildman–Crippen MR) is 121 cm³/mol. The number of carbonyl (C=O) groups is 1. The van der Waals surface area contributed by atoms with E-state index < -0.39 is 0 Å². The van der Waals surface area contributed by atoms with E-state index in [-0.39, 0.29) is 11.9 Å². The zero-order valence-corrected chi connectivity index (χ0v) is 18.2. The fourth-order valence-electron chi connectivity index (χ4n) is 3.73. The average Bonchev–Trinajstić information content (AvgIpc) is 3.05. The third kappa shape index (κ3) is 4.60. The van der Waals surface area contributed by atoms with E-state index in [1.165, 1.54) is 5.56 Å². The molecule has 1 unspecified atom stereocenters. The standard InChI is InChI=1S/C23H27ClN4O2/c1-17-3-7-20(8-4-17)28-22(29)18(2)25-23(28)27-13-11-26(12-14-27)15-16-30-21-9-5-19(24)6-10-21/h3-10,18H,11-16H2,1-2H3. The molecule has 1 amide bonds. The lowest BCUT2D eigenvalue weighted by Crippen LogP contribution is -2.53. The van der Waals surface area contributed by atoms with Crippen LogP contribution >= 0.6 is 11.6 Å². The van der Waals surface area contributed by atoms with Crippen molar-refractivity contribution in [2.75, 3.05) is 44.2 Å². The van der Waals surface area contributed by atoms with Gasteiger partial charge in [0.05, 0.1) is 5.69 Å². The van der Waals surface area contributed by atoms with Crippen LogP contribution in [0.5, 0.6) is 5.75 Å². The molecule has 7 heteroatoms. The van der Waals surface area contributed by atoms with Gasteiger partial charge in [0.1, 0.15) is 18.4 Å². The number of hydrogen-bond acceptors (Lipinski definition) is 5. The first kappa shape index (κ1) is 20.7. The van der Waals surface area contributed by atoms with Crippen molar-refractivity contribution in [3.63, 3.8) is 0 Å². The molecular weight excluding hydrogens is 400 g/mol. The summed E-state index contributed by atoms with van der Waals surface area (Å²) in [4.78, 5) is 23.8. The van der Waals surface area contributed by atoms with Gasteiger partial charge in [-0.3, -0.25) is 9.69 Å². The van der Waals surface area contributed by atoms with Gasteiger partial charge in [-0.25, -0.2) is 9.89 Å². The molecule has 2 aliphatic rings. The Labute approximate surface area is 182 Å². The van der Waals surface area contributed by atoms with Crippen LogP contribution < -0.4 is 9.64 Å². The zero-order chi connectivity index (χ0) is 21.1. The Bertz CT molecular complexity index is 906. The average molecular weight is 427 g/mol. The van der Waals surface area contributed by atoms with Crippen LogP contribution in [0.2, 0.25) is 5.02 Å². The predicted octanol–water partition coefficient (Wildman–Crippen LogP) is 3.44. The fourth-order valence-corrected chi connectivity index (χ4v) is 3.85. The van der Waals surface area contributed by atoms with E-state index in [4.69, 9.17) is 16.3 Å². The van der Waals surface area contributed by atoms with Crippen molar-refractivity contribution in [1.29, 1.82) is 0 Å². The second kappa shape index (κ2) is 9.06. The lowest BCUT2D eigenvalue weighted by atomic mass is 10.2. The molecule has 30 heavy (non-hydrogen) atoms. The van der Waals surface area contributed by atoms with E-state index >= 15 is 0 Å². The fraction of sp³-hybridized carbons (Fsp3) is 0.391. The van der Waals surface area contributed by atoms with Crippen molar-refractivity contribution in [1.82, 2.24) is 9.80 Å². The molecule has 0 spiro atoms. The Balaban J connectivity index is 1.32. The molecule has 0 radical (unpaired) electrons. The highest BCUT2D eigenvalue weighted by atomic mass is 35.5. The molecule has 1 fully saturated rings. The number of hydrogen-bond donors (Lipinski definition) is 0. The van der Waals surface area contributed by atoms with Gasteiger partial charge < -0.3 is 9.64 Å². The van der Waals surface area contributed by atoms with Crippen molar-refractivity contribution in [3.8, 4) is 5.75 Å². The van der Waals surface area contributed by atoms with Crippen LogP contribution in [0.15, 0.2) is 53.5 Å². The third-order valence-electron chi connectivity index (χ3n) is 5.52. The Morgan fingerprint density at radius 2 is 1.70 bits per heavy atom. The van der Waals surface area contributed by atoms with Crippen molar-refractivity contribution in [3.05, 3.63) is 59.1 Å². The largest absolute Gasteiger partial charge is 0.492 e. The number of anilines is 1. The number of rotatable bonds is 5. The van der Waals surface area contributed by atoms with Gasteiger partial charge in [0.15, 0.2) is 0 Å². The van der Waals surface area contributed by atoms with Crippen LogP contribution in [0.4, 0.5) is 5.69 Å². The topological polar surface area (TPSA) is 48.4 Å². The molecule has 0 aromatic heterocycles. The first-order valence-corrected chi connectivity index (χ1v) is 10.7. The van der Waals surface area contributed by atoms with Crippen molar-refractivity contribution in [2.45, 2.75) is 19.9 Å². The minimum absolute atomic E-state index is 0.0349. The van der Waals surface area contributed by atoms with Gasteiger partial charge in [-0.2, -0.15) is 0 Å². The number of carbonyl (C=O) groups excluding carboxylic acids is 1.